The first-order valence-corrected chi connectivity index (χ1v) is 13.6. The summed E-state index contributed by atoms with van der Waals surface area (Å²) in [5, 5.41) is 2.97. The third-order valence-corrected chi connectivity index (χ3v) is 9.28. The highest BCUT2D eigenvalue weighted by Crippen LogP contribution is 2.66. The highest BCUT2D eigenvalue weighted by Gasteiger charge is 2.60. The predicted molar refractivity (Wildman–Crippen MR) is 140 cm³/mol. The summed E-state index contributed by atoms with van der Waals surface area (Å²) < 4.78 is 28.3. The van der Waals surface area contributed by atoms with E-state index in [1.54, 1.807) is 11.0 Å². The number of nitrogens with zero attached hydrogens (tertiary/aromatic N) is 4. The van der Waals surface area contributed by atoms with Crippen molar-refractivity contribution in [2.45, 2.75) is 51.4 Å². The summed E-state index contributed by atoms with van der Waals surface area (Å²) in [6.07, 6.45) is 4.93. The van der Waals surface area contributed by atoms with E-state index in [1.165, 1.54) is 25.7 Å². The summed E-state index contributed by atoms with van der Waals surface area (Å²) in [7, 11) is 0. The van der Waals surface area contributed by atoms with Crippen LogP contribution in [0.1, 0.15) is 54.6 Å². The number of carbonyl (C=O) groups excluding carboxylic acids is 1. The molecule has 2 aliphatic carbocycles. The van der Waals surface area contributed by atoms with Crippen LogP contribution in [-0.4, -0.2) is 48.0 Å². The Balaban J connectivity index is 1.23. The molecular formula is C26H30F2IN5O. The maximum atomic E-state index is 13.6. The fourth-order valence-corrected chi connectivity index (χ4v) is 7.03. The van der Waals surface area contributed by atoms with Gasteiger partial charge in [0.2, 0.25) is 5.95 Å². The number of hydrogen-bond donors (Lipinski definition) is 1. The maximum Gasteiger partial charge on any atom is 0.258 e. The van der Waals surface area contributed by atoms with Crippen LogP contribution >= 0.6 is 22.6 Å². The van der Waals surface area contributed by atoms with Gasteiger partial charge in [0.15, 0.2) is 0 Å². The van der Waals surface area contributed by atoms with Crippen LogP contribution in [0, 0.1) is 27.7 Å². The number of aryl methyl sites for hydroxylation is 1. The molecule has 2 aliphatic heterocycles. The molecular weight excluding hydrogens is 563 g/mol. The monoisotopic (exact) mass is 593 g/mol. The Morgan fingerprint density at radius 3 is 2.37 bits per heavy atom. The van der Waals surface area contributed by atoms with Gasteiger partial charge in [0.1, 0.15) is 5.82 Å². The number of piperidine rings is 2. The Morgan fingerprint density at radius 2 is 1.71 bits per heavy atom. The normalized spacial score (nSPS) is 26.2. The van der Waals surface area contributed by atoms with Crippen LogP contribution < -0.4 is 15.1 Å². The molecule has 2 bridgehead atoms. The van der Waals surface area contributed by atoms with Crippen molar-refractivity contribution >= 4 is 46.0 Å². The summed E-state index contributed by atoms with van der Waals surface area (Å²) >= 11 is 2.31. The van der Waals surface area contributed by atoms with Crippen LogP contribution in [0.2, 0.25) is 0 Å². The van der Waals surface area contributed by atoms with E-state index < -0.39 is 5.92 Å². The van der Waals surface area contributed by atoms with Crippen molar-refractivity contribution < 1.29 is 13.6 Å². The highest BCUT2D eigenvalue weighted by molar-refractivity contribution is 14.1. The van der Waals surface area contributed by atoms with Crippen LogP contribution in [0.15, 0.2) is 24.3 Å². The topological polar surface area (TPSA) is 61.4 Å². The average Bonchev–Trinajstić information content (AvgIpc) is 3.56. The van der Waals surface area contributed by atoms with E-state index >= 15 is 0 Å². The minimum Gasteiger partial charge on any atom is -0.370 e. The number of benzene rings is 1. The zero-order chi connectivity index (χ0) is 24.4. The Hall–Kier alpha value is -2.04. The first-order chi connectivity index (χ1) is 16.7. The summed E-state index contributed by atoms with van der Waals surface area (Å²) in [5.41, 5.74) is 2.92. The zero-order valence-electron chi connectivity index (χ0n) is 19.9. The molecule has 6 nitrogen and oxygen atoms in total. The summed E-state index contributed by atoms with van der Waals surface area (Å²) in [5.74, 6) is -0.579. The van der Waals surface area contributed by atoms with Gasteiger partial charge in [-0.25, -0.2) is 13.8 Å². The molecule has 6 rings (SSSR count). The van der Waals surface area contributed by atoms with Gasteiger partial charge in [0.05, 0.1) is 11.3 Å². The molecule has 2 atom stereocenters. The van der Waals surface area contributed by atoms with Crippen molar-refractivity contribution in [1.82, 2.24) is 9.97 Å². The summed E-state index contributed by atoms with van der Waals surface area (Å²) in [6.45, 7) is 4.27. The van der Waals surface area contributed by atoms with Gasteiger partial charge in [-0.05, 0) is 90.6 Å². The van der Waals surface area contributed by atoms with Crippen molar-refractivity contribution in [3.8, 4) is 0 Å². The van der Waals surface area contributed by atoms with Crippen molar-refractivity contribution in [2.75, 3.05) is 41.3 Å². The second kappa shape index (κ2) is 8.52. The molecule has 1 aromatic heterocycles. The Morgan fingerprint density at radius 1 is 1.03 bits per heavy atom. The quantitative estimate of drug-likeness (QED) is 0.475. The molecule has 1 N–H and O–H groups in total. The van der Waals surface area contributed by atoms with Crippen molar-refractivity contribution in [1.29, 1.82) is 0 Å². The maximum absolute atomic E-state index is 13.6. The molecule has 1 spiro atoms. The second-order valence-electron chi connectivity index (χ2n) is 10.8. The van der Waals surface area contributed by atoms with E-state index in [4.69, 9.17) is 0 Å². The van der Waals surface area contributed by atoms with Crippen molar-refractivity contribution in [3.63, 3.8) is 0 Å². The van der Waals surface area contributed by atoms with Gasteiger partial charge >= 0.3 is 0 Å². The van der Waals surface area contributed by atoms with Crippen LogP contribution in [-0.2, 0) is 0 Å². The van der Waals surface area contributed by atoms with Crippen LogP contribution in [0.5, 0.6) is 0 Å². The van der Waals surface area contributed by atoms with Crippen LogP contribution in [0.3, 0.4) is 0 Å². The lowest BCUT2D eigenvalue weighted by molar-refractivity contribution is -0.0222. The fourth-order valence-electron chi connectivity index (χ4n) is 6.56. The smallest absolute Gasteiger partial charge is 0.258 e. The number of hydrogen-bond acceptors (Lipinski definition) is 5. The zero-order valence-corrected chi connectivity index (χ0v) is 22.0. The molecule has 0 radical (unpaired) electrons. The number of aromatic nitrogens is 2. The SMILES string of the molecule is Cc1cc(NC(=O)c2ccc(I)cc2N2C[C@H]3CC[C@@H](C2)C32CC2)nc(N2CCC(F)(F)CC2)n1. The molecule has 2 saturated carbocycles. The molecule has 0 unspecified atom stereocenters. The third kappa shape index (κ3) is 4.38. The van der Waals surface area contributed by atoms with Gasteiger partial charge in [-0.2, -0.15) is 4.98 Å². The van der Waals surface area contributed by atoms with Crippen LogP contribution in [0.4, 0.5) is 26.2 Å². The molecule has 1 aromatic carbocycles. The predicted octanol–water partition coefficient (Wildman–Crippen LogP) is 5.50. The largest absolute Gasteiger partial charge is 0.370 e. The van der Waals surface area contributed by atoms with Gasteiger partial charge < -0.3 is 15.1 Å². The molecule has 35 heavy (non-hydrogen) atoms. The van der Waals surface area contributed by atoms with E-state index in [1.807, 2.05) is 19.1 Å². The number of rotatable bonds is 4. The highest BCUT2D eigenvalue weighted by atomic mass is 127. The Kier molecular flexibility index (Phi) is 5.69. The second-order valence-corrected chi connectivity index (χ2v) is 12.0. The van der Waals surface area contributed by atoms with Crippen molar-refractivity contribution in [3.05, 3.63) is 39.1 Å². The molecule has 1 amide bonds. The first-order valence-electron chi connectivity index (χ1n) is 12.6. The third-order valence-electron chi connectivity index (χ3n) is 8.61. The standard InChI is InChI=1S/C26H30F2IN5O/c1-16-12-22(32-24(30-16)33-10-8-26(27,28)9-11-33)31-23(35)20-5-4-19(29)13-21(20)34-14-17-2-3-18(15-34)25(17)6-7-25/h4-5,12-13,17-18H,2-3,6-11,14-15H2,1H3,(H,30,31,32,35)/t17-,18+. The van der Waals surface area contributed by atoms with E-state index in [0.717, 1.165) is 34.2 Å². The number of anilines is 3. The molecule has 2 saturated heterocycles. The van der Waals surface area contributed by atoms with Crippen molar-refractivity contribution in [2.24, 2.45) is 17.3 Å². The van der Waals surface area contributed by atoms with Gasteiger partial charge in [-0.3, -0.25) is 4.79 Å². The van der Waals surface area contributed by atoms with Gasteiger partial charge in [-0.1, -0.05) is 0 Å². The molecule has 3 heterocycles. The lowest BCUT2D eigenvalue weighted by Crippen LogP contribution is -2.43. The Labute approximate surface area is 218 Å². The number of carbonyl (C=O) groups is 1. The fraction of sp³-hybridized carbons (Fsp3) is 0.577. The first kappa shape index (κ1) is 23.4. The molecule has 186 valence electrons. The summed E-state index contributed by atoms with van der Waals surface area (Å²) in [6, 6.07) is 7.71. The minimum absolute atomic E-state index is 0.198. The van der Waals surface area contributed by atoms with E-state index in [0.29, 0.717) is 28.4 Å². The molecule has 2 aromatic rings. The van der Waals surface area contributed by atoms with Gasteiger partial charge in [0, 0.05) is 54.4 Å². The lowest BCUT2D eigenvalue weighted by atomic mass is 9.81. The van der Waals surface area contributed by atoms with Gasteiger partial charge in [0.25, 0.3) is 11.8 Å². The van der Waals surface area contributed by atoms with E-state index in [-0.39, 0.29) is 31.8 Å². The minimum atomic E-state index is -2.63. The number of halogens is 3. The number of nitrogens with one attached hydrogen (secondary N) is 1. The van der Waals surface area contributed by atoms with Gasteiger partial charge in [-0.15, -0.1) is 0 Å². The van der Waals surface area contributed by atoms with E-state index in [2.05, 4.69) is 48.8 Å². The summed E-state index contributed by atoms with van der Waals surface area (Å²) in [4.78, 5) is 26.6. The van der Waals surface area contributed by atoms with Crippen LogP contribution in [0.25, 0.3) is 0 Å². The number of alkyl halides is 2. The molecule has 4 fully saturated rings. The Bertz CT molecular complexity index is 1140. The number of amides is 1. The average molecular weight is 593 g/mol. The molecule has 9 heteroatoms. The molecule has 4 aliphatic rings. The lowest BCUT2D eigenvalue weighted by Gasteiger charge is -2.40. The van der Waals surface area contributed by atoms with E-state index in [9.17, 15) is 13.6 Å².